The lowest BCUT2D eigenvalue weighted by Gasteiger charge is -2.15. The third-order valence-corrected chi connectivity index (χ3v) is 2.56. The molecule has 1 unspecified atom stereocenters. The molecule has 1 aliphatic rings. The standard InChI is InChI=1S/C10H15NO7/c1-6(7(12)15-2)18-11-5-10(11,8(13)16-3)9(14)17-4/h6H,5H2,1-4H3/t6-,11?/m0/s1/i11+1. The summed E-state index contributed by atoms with van der Waals surface area (Å²) in [6.45, 7) is 1.40. The van der Waals surface area contributed by atoms with Crippen LogP contribution in [0.2, 0.25) is 0 Å². The molecule has 2 atom stereocenters. The Morgan fingerprint density at radius 2 is 1.56 bits per heavy atom. The molecular formula is C10H15NO7. The number of ether oxygens (including phenoxy) is 3. The van der Waals surface area contributed by atoms with Crippen LogP contribution in [0, 0.1) is 0 Å². The Morgan fingerprint density at radius 1 is 1.06 bits per heavy atom. The number of rotatable bonds is 5. The summed E-state index contributed by atoms with van der Waals surface area (Å²) in [6, 6.07) is 0. The van der Waals surface area contributed by atoms with Crippen molar-refractivity contribution in [2.45, 2.75) is 18.6 Å². The van der Waals surface area contributed by atoms with E-state index >= 15 is 0 Å². The zero-order chi connectivity index (χ0) is 13.9. The first-order chi connectivity index (χ1) is 8.43. The van der Waals surface area contributed by atoms with Crippen LogP contribution in [0.4, 0.5) is 0 Å². The van der Waals surface area contributed by atoms with E-state index in [4.69, 9.17) is 4.84 Å². The highest BCUT2D eigenvalue weighted by atomic mass is 16.9. The van der Waals surface area contributed by atoms with Crippen LogP contribution in [0.3, 0.4) is 0 Å². The van der Waals surface area contributed by atoms with Gasteiger partial charge in [0.25, 0.3) is 5.54 Å². The molecule has 1 aliphatic heterocycles. The minimum Gasteiger partial charge on any atom is -0.467 e. The van der Waals surface area contributed by atoms with Crippen LogP contribution in [0.5, 0.6) is 0 Å². The third-order valence-electron chi connectivity index (χ3n) is 2.56. The van der Waals surface area contributed by atoms with Gasteiger partial charge in [-0.2, -0.15) is 5.06 Å². The smallest absolute Gasteiger partial charge is 0.341 e. The molecule has 18 heavy (non-hydrogen) atoms. The Morgan fingerprint density at radius 3 is 1.94 bits per heavy atom. The number of esters is 3. The largest absolute Gasteiger partial charge is 0.467 e. The monoisotopic (exact) mass is 262 g/mol. The van der Waals surface area contributed by atoms with Crippen molar-refractivity contribution in [1.29, 1.82) is 0 Å². The van der Waals surface area contributed by atoms with Crippen LogP contribution in [-0.2, 0) is 33.4 Å². The number of nitrogens with zero attached hydrogens (tertiary/aromatic N) is 1. The molecular weight excluding hydrogens is 247 g/mol. The van der Waals surface area contributed by atoms with Crippen LogP contribution in [0.15, 0.2) is 0 Å². The highest BCUT2D eigenvalue weighted by Crippen LogP contribution is 2.36. The van der Waals surface area contributed by atoms with Crippen molar-refractivity contribution in [2.75, 3.05) is 27.9 Å². The highest BCUT2D eigenvalue weighted by Gasteiger charge is 2.69. The van der Waals surface area contributed by atoms with Gasteiger partial charge in [-0.05, 0) is 6.92 Å². The Hall–Kier alpha value is -1.67. The van der Waals surface area contributed by atoms with E-state index in [1.54, 1.807) is 0 Å². The van der Waals surface area contributed by atoms with Gasteiger partial charge in [-0.25, -0.2) is 14.4 Å². The van der Waals surface area contributed by atoms with Gasteiger partial charge in [-0.15, -0.1) is 0 Å². The lowest BCUT2D eigenvalue weighted by molar-refractivity contribution is -0.190. The maximum atomic E-state index is 11.6. The first kappa shape index (κ1) is 14.4. The van der Waals surface area contributed by atoms with Crippen molar-refractivity contribution in [1.82, 2.24) is 5.06 Å². The van der Waals surface area contributed by atoms with Crippen molar-refractivity contribution in [2.24, 2.45) is 0 Å². The molecule has 0 saturated carbocycles. The van der Waals surface area contributed by atoms with Gasteiger partial charge < -0.3 is 14.2 Å². The van der Waals surface area contributed by atoms with Gasteiger partial charge in [0.1, 0.15) is 0 Å². The van der Waals surface area contributed by atoms with Crippen molar-refractivity contribution in [3.05, 3.63) is 0 Å². The van der Waals surface area contributed by atoms with Gasteiger partial charge in [0.2, 0.25) is 0 Å². The quantitative estimate of drug-likeness (QED) is 0.202. The Kier molecular flexibility index (Phi) is 4.25. The number of carbonyl (C=O) groups excluding carboxylic acids is 3. The van der Waals surface area contributed by atoms with E-state index in [0.717, 1.165) is 19.3 Å². The average molecular weight is 262 g/mol. The number of carbonyl (C=O) groups is 3. The highest BCUT2D eigenvalue weighted by molar-refractivity contribution is 6.08. The molecule has 0 bridgehead atoms. The molecule has 0 radical (unpaired) electrons. The van der Waals surface area contributed by atoms with Crippen LogP contribution < -0.4 is 0 Å². The molecule has 0 N–H and O–H groups in total. The molecule has 8 nitrogen and oxygen atoms in total. The van der Waals surface area contributed by atoms with Gasteiger partial charge >= 0.3 is 17.9 Å². The lowest BCUT2D eigenvalue weighted by Crippen LogP contribution is -2.41. The first-order valence-corrected chi connectivity index (χ1v) is 5.13. The minimum absolute atomic E-state index is 0.0340. The van der Waals surface area contributed by atoms with Gasteiger partial charge in [-0.1, -0.05) is 0 Å². The summed E-state index contributed by atoms with van der Waals surface area (Å²) in [5.41, 5.74) is -1.62. The minimum atomic E-state index is -1.62. The molecule has 1 fully saturated rings. The second kappa shape index (κ2) is 5.32. The fraction of sp³-hybridized carbons (Fsp3) is 0.700. The lowest BCUT2D eigenvalue weighted by atomic mass is 10.2. The van der Waals surface area contributed by atoms with Crippen LogP contribution in [0.1, 0.15) is 6.92 Å². The maximum Gasteiger partial charge on any atom is 0.341 e. The van der Waals surface area contributed by atoms with E-state index in [9.17, 15) is 14.4 Å². The number of hydrogen-bond donors (Lipinski definition) is 0. The molecule has 8 heteroatoms. The SMILES string of the molecule is COC(=O)[C@H](C)O[15N]1CC1(C(=O)OC)C(=O)OC. The third kappa shape index (κ3) is 2.29. The molecule has 0 spiro atoms. The molecule has 0 aromatic rings. The number of hydrogen-bond acceptors (Lipinski definition) is 8. The topological polar surface area (TPSA) is 91.1 Å². The fourth-order valence-corrected chi connectivity index (χ4v) is 1.45. The summed E-state index contributed by atoms with van der Waals surface area (Å²) < 4.78 is 13.5. The zero-order valence-electron chi connectivity index (χ0n) is 10.6. The maximum absolute atomic E-state index is 11.6. The van der Waals surface area contributed by atoms with Gasteiger partial charge in [0, 0.05) is 0 Å². The molecule has 0 aliphatic carbocycles. The first-order valence-electron chi connectivity index (χ1n) is 5.13. The van der Waals surface area contributed by atoms with E-state index in [1.165, 1.54) is 14.0 Å². The molecule has 0 aromatic carbocycles. The Balaban J connectivity index is 2.74. The van der Waals surface area contributed by atoms with Crippen molar-refractivity contribution in [3.8, 4) is 0 Å². The molecule has 1 rings (SSSR count). The molecule has 0 amide bonds. The predicted octanol–water partition coefficient (Wildman–Crippen LogP) is -1.12. The van der Waals surface area contributed by atoms with Crippen molar-refractivity contribution in [3.63, 3.8) is 0 Å². The van der Waals surface area contributed by atoms with E-state index in [-0.39, 0.29) is 6.54 Å². The fourth-order valence-electron chi connectivity index (χ4n) is 1.45. The summed E-state index contributed by atoms with van der Waals surface area (Å²) >= 11 is 0. The van der Waals surface area contributed by atoms with Gasteiger partial charge in [0.05, 0.1) is 27.9 Å². The zero-order valence-corrected chi connectivity index (χ0v) is 10.6. The molecule has 1 heterocycles. The number of methoxy groups -OCH3 is 3. The van der Waals surface area contributed by atoms with Crippen molar-refractivity contribution >= 4 is 17.9 Å². The van der Waals surface area contributed by atoms with E-state index < -0.39 is 29.6 Å². The summed E-state index contributed by atoms with van der Waals surface area (Å²) in [5, 5.41) is 1.03. The Bertz CT molecular complexity index is 351. The van der Waals surface area contributed by atoms with Crippen LogP contribution in [-0.4, -0.2) is 62.5 Å². The average Bonchev–Trinajstić information content (AvgIpc) is 3.10. The van der Waals surface area contributed by atoms with E-state index in [2.05, 4.69) is 14.2 Å². The van der Waals surface area contributed by atoms with E-state index in [0.29, 0.717) is 0 Å². The van der Waals surface area contributed by atoms with Crippen LogP contribution in [0.25, 0.3) is 0 Å². The Labute approximate surface area is 104 Å². The van der Waals surface area contributed by atoms with Crippen LogP contribution >= 0.6 is 0 Å². The second-order valence-electron chi connectivity index (χ2n) is 3.65. The van der Waals surface area contributed by atoms with Crippen molar-refractivity contribution < 1.29 is 33.4 Å². The normalized spacial score (nSPS) is 21.7. The summed E-state index contributed by atoms with van der Waals surface area (Å²) in [5.74, 6) is -2.22. The summed E-state index contributed by atoms with van der Waals surface area (Å²) in [6.07, 6.45) is -0.939. The predicted molar refractivity (Wildman–Crippen MR) is 56.0 cm³/mol. The molecule has 1 saturated heterocycles. The summed E-state index contributed by atoms with van der Waals surface area (Å²) in [4.78, 5) is 39.4. The number of hydroxylamine groups is 2. The second-order valence-corrected chi connectivity index (χ2v) is 3.65. The molecule has 102 valence electrons. The van der Waals surface area contributed by atoms with Gasteiger partial charge in [-0.3, -0.25) is 4.84 Å². The molecule has 0 aromatic heterocycles. The summed E-state index contributed by atoms with van der Waals surface area (Å²) in [7, 11) is 3.50. The van der Waals surface area contributed by atoms with Gasteiger partial charge in [0.15, 0.2) is 6.10 Å². The van der Waals surface area contributed by atoms with E-state index in [1.807, 2.05) is 0 Å².